The quantitative estimate of drug-likeness (QED) is 0.293. The Kier molecular flexibility index (Phi) is 11.0. The fourth-order valence-electron chi connectivity index (χ4n) is 2.35. The van der Waals surface area contributed by atoms with Crippen molar-refractivity contribution in [1.82, 2.24) is 0 Å². The van der Waals surface area contributed by atoms with Crippen LogP contribution in [-0.4, -0.2) is 0 Å². The molecule has 0 aromatic heterocycles. The van der Waals surface area contributed by atoms with E-state index >= 15 is 0 Å². The smallest absolute Gasteiger partial charge is 0.0295 e. The van der Waals surface area contributed by atoms with Gasteiger partial charge >= 0.3 is 0 Å². The van der Waals surface area contributed by atoms with Gasteiger partial charge in [0.25, 0.3) is 0 Å². The Morgan fingerprint density at radius 2 is 1.62 bits per heavy atom. The third kappa shape index (κ3) is 9.00. The molecule has 0 aliphatic carbocycles. The lowest BCUT2D eigenvalue weighted by molar-refractivity contribution is 0.453. The Morgan fingerprint density at radius 3 is 2.19 bits per heavy atom. The third-order valence-electron chi connectivity index (χ3n) is 3.49. The zero-order valence-electron chi connectivity index (χ0n) is 11.9. The lowest BCUT2D eigenvalue weighted by Crippen LogP contribution is -2.00. The van der Waals surface area contributed by atoms with Crippen LogP contribution >= 0.6 is 0 Å². The topological polar surface area (TPSA) is 0 Å². The van der Waals surface area contributed by atoms with Crippen molar-refractivity contribution >= 4 is 0 Å². The molecular weight excluding hydrogens is 192 g/mol. The summed E-state index contributed by atoms with van der Waals surface area (Å²) in [5, 5.41) is 0. The van der Waals surface area contributed by atoms with Crippen molar-refractivity contribution in [3.8, 4) is 0 Å². The highest BCUT2D eigenvalue weighted by Gasteiger charge is 2.06. The molecule has 0 heteroatoms. The van der Waals surface area contributed by atoms with Crippen molar-refractivity contribution in [2.75, 3.05) is 0 Å². The van der Waals surface area contributed by atoms with E-state index in [2.05, 4.69) is 27.4 Å². The van der Waals surface area contributed by atoms with E-state index in [0.29, 0.717) is 0 Å². The first kappa shape index (κ1) is 15.7. The van der Waals surface area contributed by atoms with E-state index in [1.54, 1.807) is 0 Å². The number of allylic oxidation sites excluding steroid dienone is 1. The molecule has 0 saturated carbocycles. The van der Waals surface area contributed by atoms with Crippen molar-refractivity contribution in [3.05, 3.63) is 12.2 Å². The van der Waals surface area contributed by atoms with E-state index in [4.69, 9.17) is 0 Å². The van der Waals surface area contributed by atoms with Gasteiger partial charge in [0.1, 0.15) is 0 Å². The predicted octanol–water partition coefficient (Wildman–Crippen LogP) is 6.12. The minimum Gasteiger partial charge on any atom is -0.0999 e. The van der Waals surface area contributed by atoms with E-state index in [1.165, 1.54) is 69.8 Å². The van der Waals surface area contributed by atoms with Crippen LogP contribution in [0.1, 0.15) is 85.0 Å². The van der Waals surface area contributed by atoms with Crippen LogP contribution in [-0.2, 0) is 0 Å². The standard InChI is InChI=1S/C16H32/c1-5-8-9-10-11-13-15(4)14-16(7-3)12-6-2/h16H,4-14H2,1-3H3. The van der Waals surface area contributed by atoms with Gasteiger partial charge in [0.05, 0.1) is 0 Å². The van der Waals surface area contributed by atoms with Crippen LogP contribution in [0.25, 0.3) is 0 Å². The molecule has 0 heterocycles. The normalized spacial score (nSPS) is 12.7. The molecule has 0 aromatic rings. The summed E-state index contributed by atoms with van der Waals surface area (Å²) in [5.74, 6) is 0.896. The fraction of sp³-hybridized carbons (Fsp3) is 0.875. The minimum absolute atomic E-state index is 0.896. The summed E-state index contributed by atoms with van der Waals surface area (Å²) in [5.41, 5.74) is 1.50. The van der Waals surface area contributed by atoms with Crippen molar-refractivity contribution in [2.45, 2.75) is 85.0 Å². The maximum atomic E-state index is 4.24. The molecule has 0 spiro atoms. The highest BCUT2D eigenvalue weighted by atomic mass is 14.1. The number of unbranched alkanes of at least 4 members (excludes halogenated alkanes) is 4. The summed E-state index contributed by atoms with van der Waals surface area (Å²) in [6, 6.07) is 0. The summed E-state index contributed by atoms with van der Waals surface area (Å²) >= 11 is 0. The highest BCUT2D eigenvalue weighted by Crippen LogP contribution is 2.22. The molecule has 96 valence electrons. The molecular formula is C16H32. The van der Waals surface area contributed by atoms with E-state index in [-0.39, 0.29) is 0 Å². The van der Waals surface area contributed by atoms with Gasteiger partial charge in [-0.05, 0) is 25.2 Å². The Morgan fingerprint density at radius 1 is 0.938 bits per heavy atom. The average molecular weight is 224 g/mol. The maximum absolute atomic E-state index is 4.24. The molecule has 0 bridgehead atoms. The van der Waals surface area contributed by atoms with Gasteiger partial charge < -0.3 is 0 Å². The average Bonchev–Trinajstić information content (AvgIpc) is 2.28. The van der Waals surface area contributed by atoms with Crippen LogP contribution in [0.3, 0.4) is 0 Å². The van der Waals surface area contributed by atoms with Crippen LogP contribution in [0, 0.1) is 5.92 Å². The summed E-state index contributed by atoms with van der Waals surface area (Å²) in [4.78, 5) is 0. The van der Waals surface area contributed by atoms with Crippen LogP contribution in [0.2, 0.25) is 0 Å². The van der Waals surface area contributed by atoms with Gasteiger partial charge in [-0.1, -0.05) is 77.9 Å². The van der Waals surface area contributed by atoms with E-state index in [1.807, 2.05) is 0 Å². The Hall–Kier alpha value is -0.260. The monoisotopic (exact) mass is 224 g/mol. The molecule has 1 unspecified atom stereocenters. The van der Waals surface area contributed by atoms with Gasteiger partial charge in [-0.15, -0.1) is 0 Å². The maximum Gasteiger partial charge on any atom is -0.0295 e. The number of hydrogen-bond acceptors (Lipinski definition) is 0. The molecule has 1 atom stereocenters. The summed E-state index contributed by atoms with van der Waals surface area (Å²) in [6.45, 7) is 11.1. The first-order chi connectivity index (χ1) is 7.74. The lowest BCUT2D eigenvalue weighted by Gasteiger charge is -2.15. The van der Waals surface area contributed by atoms with Gasteiger partial charge in [0, 0.05) is 0 Å². The second-order valence-corrected chi connectivity index (χ2v) is 5.18. The molecule has 0 nitrogen and oxygen atoms in total. The molecule has 16 heavy (non-hydrogen) atoms. The van der Waals surface area contributed by atoms with Gasteiger partial charge in [-0.3, -0.25) is 0 Å². The van der Waals surface area contributed by atoms with Crippen molar-refractivity contribution in [1.29, 1.82) is 0 Å². The Labute approximate surface area is 104 Å². The van der Waals surface area contributed by atoms with Gasteiger partial charge in [0.2, 0.25) is 0 Å². The molecule has 0 saturated heterocycles. The minimum atomic E-state index is 0.896. The van der Waals surface area contributed by atoms with E-state index in [9.17, 15) is 0 Å². The van der Waals surface area contributed by atoms with Crippen molar-refractivity contribution < 1.29 is 0 Å². The van der Waals surface area contributed by atoms with E-state index < -0.39 is 0 Å². The summed E-state index contributed by atoms with van der Waals surface area (Å²) in [6.07, 6.45) is 13.5. The van der Waals surface area contributed by atoms with Crippen LogP contribution in [0.5, 0.6) is 0 Å². The molecule has 0 N–H and O–H groups in total. The Bertz CT molecular complexity index is 157. The van der Waals surface area contributed by atoms with Crippen LogP contribution in [0.15, 0.2) is 12.2 Å². The zero-order valence-corrected chi connectivity index (χ0v) is 11.9. The lowest BCUT2D eigenvalue weighted by atomic mass is 9.91. The van der Waals surface area contributed by atoms with Crippen molar-refractivity contribution in [2.24, 2.45) is 5.92 Å². The predicted molar refractivity (Wildman–Crippen MR) is 75.8 cm³/mol. The second kappa shape index (κ2) is 11.2. The molecule has 0 aliphatic heterocycles. The fourth-order valence-corrected chi connectivity index (χ4v) is 2.35. The van der Waals surface area contributed by atoms with Crippen LogP contribution < -0.4 is 0 Å². The summed E-state index contributed by atoms with van der Waals surface area (Å²) in [7, 11) is 0. The second-order valence-electron chi connectivity index (χ2n) is 5.18. The van der Waals surface area contributed by atoms with Gasteiger partial charge in [0.15, 0.2) is 0 Å². The zero-order chi connectivity index (χ0) is 12.2. The SMILES string of the molecule is C=C(CCCCCCC)CC(CC)CCC. The molecule has 0 amide bonds. The number of rotatable bonds is 11. The first-order valence-corrected chi connectivity index (χ1v) is 7.41. The molecule has 0 aliphatic rings. The summed E-state index contributed by atoms with van der Waals surface area (Å²) < 4.78 is 0. The molecule has 0 aromatic carbocycles. The van der Waals surface area contributed by atoms with Crippen LogP contribution in [0.4, 0.5) is 0 Å². The first-order valence-electron chi connectivity index (χ1n) is 7.41. The largest absolute Gasteiger partial charge is 0.0999 e. The molecule has 0 fully saturated rings. The number of hydrogen-bond donors (Lipinski definition) is 0. The van der Waals surface area contributed by atoms with E-state index in [0.717, 1.165) is 5.92 Å². The highest BCUT2D eigenvalue weighted by molar-refractivity contribution is 4.95. The molecule has 0 radical (unpaired) electrons. The molecule has 0 rings (SSSR count). The van der Waals surface area contributed by atoms with Crippen molar-refractivity contribution in [3.63, 3.8) is 0 Å². The van der Waals surface area contributed by atoms with Gasteiger partial charge in [-0.25, -0.2) is 0 Å². The Balaban J connectivity index is 3.48. The van der Waals surface area contributed by atoms with Gasteiger partial charge in [-0.2, -0.15) is 0 Å². The third-order valence-corrected chi connectivity index (χ3v) is 3.49.